The van der Waals surface area contributed by atoms with Gasteiger partial charge in [0.05, 0.1) is 0 Å². The highest BCUT2D eigenvalue weighted by atomic mass is 16.3. The molecule has 0 unspecified atom stereocenters. The standard InChI is InChI=1S/C55H36N4O/c1-5-15-37(16-6-1)38-25-30-44(31-26-38)59(43-21-11-4-12-22-43)45-32-27-39(28-33-45)48-36-50-49-35-42(29-34-51(49)60-52(50)47-24-14-13-23-46(47)48)55-57-53(40-17-7-2-8-18-40)56-54(58-55)41-19-9-3-10-20-41/h1-36H. The van der Waals surface area contributed by atoms with Crippen LogP contribution in [0.25, 0.3) is 89.1 Å². The fourth-order valence-corrected chi connectivity index (χ4v) is 8.16. The molecule has 0 atom stereocenters. The number of aromatic nitrogens is 3. The van der Waals surface area contributed by atoms with E-state index in [2.05, 4.69) is 150 Å². The molecule has 11 aromatic rings. The Kier molecular flexibility index (Phi) is 8.75. The first kappa shape index (κ1) is 35.0. The molecule has 282 valence electrons. The Morgan fingerprint density at radius 3 is 1.32 bits per heavy atom. The fourth-order valence-electron chi connectivity index (χ4n) is 8.16. The van der Waals surface area contributed by atoms with Crippen molar-refractivity contribution in [3.63, 3.8) is 0 Å². The molecule has 0 aliphatic heterocycles. The molecule has 0 saturated heterocycles. The van der Waals surface area contributed by atoms with Crippen LogP contribution in [0.5, 0.6) is 0 Å². The van der Waals surface area contributed by atoms with Crippen LogP contribution in [0.2, 0.25) is 0 Å². The normalized spacial score (nSPS) is 11.3. The zero-order chi connectivity index (χ0) is 39.8. The Bertz CT molecular complexity index is 3220. The van der Waals surface area contributed by atoms with E-state index in [1.54, 1.807) is 0 Å². The second-order valence-corrected chi connectivity index (χ2v) is 14.8. The van der Waals surface area contributed by atoms with Gasteiger partial charge in [0, 0.05) is 49.9 Å². The maximum Gasteiger partial charge on any atom is 0.164 e. The van der Waals surface area contributed by atoms with E-state index in [0.717, 1.165) is 77.6 Å². The molecule has 0 fully saturated rings. The van der Waals surface area contributed by atoms with E-state index in [1.165, 1.54) is 11.1 Å². The largest absolute Gasteiger partial charge is 0.455 e. The molecule has 2 heterocycles. The van der Waals surface area contributed by atoms with E-state index in [-0.39, 0.29) is 0 Å². The average Bonchev–Trinajstić information content (AvgIpc) is 3.71. The van der Waals surface area contributed by atoms with Gasteiger partial charge in [-0.05, 0) is 88.3 Å². The van der Waals surface area contributed by atoms with Crippen LogP contribution in [0.15, 0.2) is 223 Å². The first-order chi connectivity index (χ1) is 29.7. The Morgan fingerprint density at radius 1 is 0.300 bits per heavy atom. The molecular weight excluding hydrogens is 733 g/mol. The minimum Gasteiger partial charge on any atom is -0.455 e. The van der Waals surface area contributed by atoms with E-state index >= 15 is 0 Å². The molecule has 5 heteroatoms. The summed E-state index contributed by atoms with van der Waals surface area (Å²) >= 11 is 0. The summed E-state index contributed by atoms with van der Waals surface area (Å²) in [4.78, 5) is 17.2. The molecule has 0 aliphatic carbocycles. The van der Waals surface area contributed by atoms with Crippen molar-refractivity contribution in [2.45, 2.75) is 0 Å². The molecule has 0 bridgehead atoms. The molecule has 60 heavy (non-hydrogen) atoms. The Morgan fingerprint density at radius 2 is 0.733 bits per heavy atom. The van der Waals surface area contributed by atoms with E-state index in [0.29, 0.717) is 17.5 Å². The number of anilines is 3. The van der Waals surface area contributed by atoms with Gasteiger partial charge in [0.1, 0.15) is 11.2 Å². The van der Waals surface area contributed by atoms with Gasteiger partial charge in [0.15, 0.2) is 17.5 Å². The monoisotopic (exact) mass is 768 g/mol. The van der Waals surface area contributed by atoms with Crippen LogP contribution in [0.1, 0.15) is 0 Å². The number of benzene rings is 9. The molecule has 11 rings (SSSR count). The van der Waals surface area contributed by atoms with Crippen molar-refractivity contribution in [2.75, 3.05) is 4.90 Å². The van der Waals surface area contributed by atoms with E-state index in [4.69, 9.17) is 19.4 Å². The van der Waals surface area contributed by atoms with Gasteiger partial charge in [0.2, 0.25) is 0 Å². The Labute approximate surface area is 347 Å². The van der Waals surface area contributed by atoms with Crippen LogP contribution in [0.4, 0.5) is 17.1 Å². The minimum absolute atomic E-state index is 0.605. The van der Waals surface area contributed by atoms with E-state index in [1.807, 2.05) is 72.8 Å². The van der Waals surface area contributed by atoms with Gasteiger partial charge in [-0.1, -0.05) is 158 Å². The van der Waals surface area contributed by atoms with Crippen molar-refractivity contribution in [3.05, 3.63) is 218 Å². The molecule has 9 aromatic carbocycles. The van der Waals surface area contributed by atoms with Gasteiger partial charge in [-0.25, -0.2) is 15.0 Å². The number of hydrogen-bond donors (Lipinski definition) is 0. The van der Waals surface area contributed by atoms with Gasteiger partial charge in [-0.15, -0.1) is 0 Å². The molecule has 0 spiro atoms. The van der Waals surface area contributed by atoms with Crippen LogP contribution in [0, 0.1) is 0 Å². The predicted octanol–water partition coefficient (Wildman–Crippen LogP) is 14.7. The zero-order valence-electron chi connectivity index (χ0n) is 32.5. The third-order valence-corrected chi connectivity index (χ3v) is 11.1. The molecular formula is C55H36N4O. The highest BCUT2D eigenvalue weighted by Crippen LogP contribution is 2.42. The number of furan rings is 1. The molecule has 0 N–H and O–H groups in total. The summed E-state index contributed by atoms with van der Waals surface area (Å²) < 4.78 is 6.66. The number of para-hydroxylation sites is 1. The molecule has 0 saturated carbocycles. The number of fused-ring (bicyclic) bond motifs is 5. The van der Waals surface area contributed by atoms with Gasteiger partial charge < -0.3 is 9.32 Å². The SMILES string of the molecule is c1ccc(-c2ccc(N(c3ccccc3)c3ccc(-c4cc5c6cc(-c7nc(-c8ccccc8)nc(-c8ccccc8)n7)ccc6oc5c5ccccc45)cc3)cc2)cc1. The van der Waals surface area contributed by atoms with Crippen LogP contribution in [-0.4, -0.2) is 15.0 Å². The summed E-state index contributed by atoms with van der Waals surface area (Å²) in [6.07, 6.45) is 0. The molecule has 2 aromatic heterocycles. The number of hydrogen-bond acceptors (Lipinski definition) is 5. The van der Waals surface area contributed by atoms with Gasteiger partial charge in [-0.2, -0.15) is 0 Å². The zero-order valence-corrected chi connectivity index (χ0v) is 32.5. The average molecular weight is 769 g/mol. The molecule has 0 amide bonds. The van der Waals surface area contributed by atoms with Crippen molar-refractivity contribution in [1.29, 1.82) is 0 Å². The van der Waals surface area contributed by atoms with E-state index in [9.17, 15) is 0 Å². The van der Waals surface area contributed by atoms with Crippen molar-refractivity contribution < 1.29 is 4.42 Å². The highest BCUT2D eigenvalue weighted by Gasteiger charge is 2.19. The number of rotatable bonds is 8. The predicted molar refractivity (Wildman–Crippen MR) is 246 cm³/mol. The summed E-state index contributed by atoms with van der Waals surface area (Å²) in [6.45, 7) is 0. The minimum atomic E-state index is 0.605. The van der Waals surface area contributed by atoms with Crippen molar-refractivity contribution in [3.8, 4) is 56.4 Å². The second kappa shape index (κ2) is 15.0. The highest BCUT2D eigenvalue weighted by molar-refractivity contribution is 6.19. The first-order valence-electron chi connectivity index (χ1n) is 20.1. The van der Waals surface area contributed by atoms with Gasteiger partial charge >= 0.3 is 0 Å². The topological polar surface area (TPSA) is 55.1 Å². The third kappa shape index (κ3) is 6.45. The molecule has 0 radical (unpaired) electrons. The third-order valence-electron chi connectivity index (χ3n) is 11.1. The summed E-state index contributed by atoms with van der Waals surface area (Å²) in [5.74, 6) is 1.86. The summed E-state index contributed by atoms with van der Waals surface area (Å²) in [5, 5.41) is 4.23. The van der Waals surface area contributed by atoms with Gasteiger partial charge in [-0.3, -0.25) is 0 Å². The van der Waals surface area contributed by atoms with Crippen molar-refractivity contribution >= 4 is 49.8 Å². The fraction of sp³-hybridized carbons (Fsp3) is 0. The maximum absolute atomic E-state index is 6.66. The Balaban J connectivity index is 1.02. The van der Waals surface area contributed by atoms with Gasteiger partial charge in [0.25, 0.3) is 0 Å². The van der Waals surface area contributed by atoms with E-state index < -0.39 is 0 Å². The second-order valence-electron chi connectivity index (χ2n) is 14.8. The van der Waals surface area contributed by atoms with Crippen LogP contribution >= 0.6 is 0 Å². The smallest absolute Gasteiger partial charge is 0.164 e. The lowest BCUT2D eigenvalue weighted by Gasteiger charge is -2.26. The number of nitrogens with zero attached hydrogens (tertiary/aromatic N) is 4. The summed E-state index contributed by atoms with van der Waals surface area (Å²) in [6, 6.07) is 75.9. The van der Waals surface area contributed by atoms with Crippen molar-refractivity contribution in [2.24, 2.45) is 0 Å². The Hall–Kier alpha value is -8.15. The van der Waals surface area contributed by atoms with Crippen LogP contribution in [-0.2, 0) is 0 Å². The molecule has 5 nitrogen and oxygen atoms in total. The van der Waals surface area contributed by atoms with Crippen LogP contribution < -0.4 is 4.90 Å². The summed E-state index contributed by atoms with van der Waals surface area (Å²) in [5.41, 5.74) is 12.3. The lowest BCUT2D eigenvalue weighted by Crippen LogP contribution is -2.09. The lowest BCUT2D eigenvalue weighted by molar-refractivity contribution is 0.672. The maximum atomic E-state index is 6.66. The first-order valence-corrected chi connectivity index (χ1v) is 20.1. The lowest BCUT2D eigenvalue weighted by atomic mass is 9.95. The van der Waals surface area contributed by atoms with Crippen LogP contribution in [0.3, 0.4) is 0 Å². The quantitative estimate of drug-likeness (QED) is 0.154. The van der Waals surface area contributed by atoms with Crippen molar-refractivity contribution in [1.82, 2.24) is 15.0 Å². The molecule has 0 aliphatic rings. The summed E-state index contributed by atoms with van der Waals surface area (Å²) in [7, 11) is 0.